The average molecular weight is 278 g/mol. The van der Waals surface area contributed by atoms with E-state index in [9.17, 15) is 4.39 Å². The van der Waals surface area contributed by atoms with Crippen molar-refractivity contribution in [3.05, 3.63) is 34.6 Å². The lowest BCUT2D eigenvalue weighted by molar-refractivity contribution is 0.331. The van der Waals surface area contributed by atoms with E-state index in [1.807, 2.05) is 6.07 Å². The highest BCUT2D eigenvalue weighted by molar-refractivity contribution is 6.30. The number of nitrogens with one attached hydrogen (secondary N) is 1. The first-order valence-corrected chi connectivity index (χ1v) is 6.67. The SMILES string of the molecule is CCC(C)(CCCl)NCc1ccc(Cl)c(F)c1. The van der Waals surface area contributed by atoms with Crippen LogP contribution in [0.15, 0.2) is 18.2 Å². The summed E-state index contributed by atoms with van der Waals surface area (Å²) in [5, 5.41) is 3.58. The van der Waals surface area contributed by atoms with Gasteiger partial charge >= 0.3 is 0 Å². The van der Waals surface area contributed by atoms with Crippen molar-refractivity contribution in [3.8, 4) is 0 Å². The summed E-state index contributed by atoms with van der Waals surface area (Å²) in [5.74, 6) is 0.244. The van der Waals surface area contributed by atoms with Gasteiger partial charge in [-0.3, -0.25) is 0 Å². The summed E-state index contributed by atoms with van der Waals surface area (Å²) < 4.78 is 13.2. The number of alkyl halides is 1. The lowest BCUT2D eigenvalue weighted by atomic mass is 9.95. The molecule has 0 fully saturated rings. The molecule has 0 spiro atoms. The standard InChI is InChI=1S/C13H18Cl2FN/c1-3-13(2,6-7-14)17-9-10-4-5-11(15)12(16)8-10/h4-5,8,17H,3,6-7,9H2,1-2H3. The van der Waals surface area contributed by atoms with Gasteiger partial charge in [0.25, 0.3) is 0 Å². The molecule has 0 saturated heterocycles. The first kappa shape index (κ1) is 14.7. The first-order valence-electron chi connectivity index (χ1n) is 5.75. The Balaban J connectivity index is 2.62. The molecular formula is C13H18Cl2FN. The summed E-state index contributed by atoms with van der Waals surface area (Å²) in [7, 11) is 0. The van der Waals surface area contributed by atoms with Crippen LogP contribution in [-0.4, -0.2) is 11.4 Å². The summed E-state index contributed by atoms with van der Waals surface area (Å²) in [6.45, 7) is 4.86. The molecule has 96 valence electrons. The van der Waals surface area contributed by atoms with Gasteiger partial charge in [-0.25, -0.2) is 4.39 Å². The highest BCUT2D eigenvalue weighted by atomic mass is 35.5. The minimum absolute atomic E-state index is 0.00212. The molecule has 0 aliphatic heterocycles. The fourth-order valence-corrected chi connectivity index (χ4v) is 2.10. The van der Waals surface area contributed by atoms with E-state index < -0.39 is 0 Å². The highest BCUT2D eigenvalue weighted by Gasteiger charge is 2.20. The Labute approximate surface area is 112 Å². The Morgan fingerprint density at radius 3 is 2.65 bits per heavy atom. The Bertz CT molecular complexity index is 370. The van der Waals surface area contributed by atoms with Crippen molar-refractivity contribution >= 4 is 23.2 Å². The Kier molecular flexibility index (Phi) is 5.71. The molecule has 1 N–H and O–H groups in total. The fourth-order valence-electron chi connectivity index (χ4n) is 1.56. The van der Waals surface area contributed by atoms with E-state index in [1.54, 1.807) is 6.07 Å². The van der Waals surface area contributed by atoms with E-state index in [-0.39, 0.29) is 16.4 Å². The molecule has 1 rings (SSSR count). The third-order valence-electron chi connectivity index (χ3n) is 3.13. The maximum atomic E-state index is 13.2. The van der Waals surface area contributed by atoms with Gasteiger partial charge in [0, 0.05) is 18.0 Å². The largest absolute Gasteiger partial charge is 0.307 e. The van der Waals surface area contributed by atoms with Crippen LogP contribution in [0.3, 0.4) is 0 Å². The lowest BCUT2D eigenvalue weighted by Gasteiger charge is -2.29. The molecule has 1 aromatic rings. The van der Waals surface area contributed by atoms with Crippen LogP contribution in [0.25, 0.3) is 0 Å². The van der Waals surface area contributed by atoms with E-state index in [4.69, 9.17) is 23.2 Å². The molecule has 17 heavy (non-hydrogen) atoms. The van der Waals surface area contributed by atoms with Gasteiger partial charge in [0.1, 0.15) is 5.82 Å². The zero-order chi connectivity index (χ0) is 12.9. The molecule has 1 unspecified atom stereocenters. The fraction of sp³-hybridized carbons (Fsp3) is 0.538. The normalized spacial score (nSPS) is 14.6. The van der Waals surface area contributed by atoms with E-state index in [0.717, 1.165) is 18.4 Å². The number of rotatable bonds is 6. The molecule has 0 amide bonds. The first-order chi connectivity index (χ1) is 8.00. The van der Waals surface area contributed by atoms with Crippen molar-refractivity contribution in [1.29, 1.82) is 0 Å². The summed E-state index contributed by atoms with van der Waals surface area (Å²) in [4.78, 5) is 0. The lowest BCUT2D eigenvalue weighted by Crippen LogP contribution is -2.41. The number of hydrogen-bond acceptors (Lipinski definition) is 1. The third kappa shape index (κ3) is 4.46. The molecule has 1 nitrogen and oxygen atoms in total. The van der Waals surface area contributed by atoms with Crippen molar-refractivity contribution in [1.82, 2.24) is 5.32 Å². The maximum Gasteiger partial charge on any atom is 0.142 e. The van der Waals surface area contributed by atoms with Crippen LogP contribution in [0.4, 0.5) is 4.39 Å². The molecule has 0 bridgehead atoms. The number of benzene rings is 1. The van der Waals surface area contributed by atoms with Crippen LogP contribution in [0.1, 0.15) is 32.3 Å². The highest BCUT2D eigenvalue weighted by Crippen LogP contribution is 2.18. The second kappa shape index (κ2) is 6.58. The van der Waals surface area contributed by atoms with Crippen molar-refractivity contribution in [3.63, 3.8) is 0 Å². The molecule has 0 aromatic heterocycles. The summed E-state index contributed by atoms with van der Waals surface area (Å²) in [5.41, 5.74) is 0.888. The zero-order valence-corrected chi connectivity index (χ0v) is 11.7. The Morgan fingerprint density at radius 2 is 2.12 bits per heavy atom. The van der Waals surface area contributed by atoms with Gasteiger partial charge in [-0.15, -0.1) is 11.6 Å². The summed E-state index contributed by atoms with van der Waals surface area (Å²) in [6.07, 6.45) is 1.87. The van der Waals surface area contributed by atoms with Crippen LogP contribution in [0, 0.1) is 5.82 Å². The molecule has 0 radical (unpaired) electrons. The zero-order valence-electron chi connectivity index (χ0n) is 10.2. The smallest absolute Gasteiger partial charge is 0.142 e. The van der Waals surface area contributed by atoms with Gasteiger partial charge in [-0.1, -0.05) is 24.6 Å². The average Bonchev–Trinajstić information content (AvgIpc) is 2.31. The van der Waals surface area contributed by atoms with E-state index in [0.29, 0.717) is 12.4 Å². The van der Waals surface area contributed by atoms with Gasteiger partial charge < -0.3 is 5.32 Å². The Morgan fingerprint density at radius 1 is 1.41 bits per heavy atom. The van der Waals surface area contributed by atoms with Crippen LogP contribution < -0.4 is 5.32 Å². The van der Waals surface area contributed by atoms with Crippen LogP contribution >= 0.6 is 23.2 Å². The second-order valence-corrected chi connectivity index (χ2v) is 5.24. The van der Waals surface area contributed by atoms with Gasteiger partial charge in [0.2, 0.25) is 0 Å². The van der Waals surface area contributed by atoms with E-state index in [2.05, 4.69) is 19.2 Å². The summed E-state index contributed by atoms with van der Waals surface area (Å²) in [6, 6.07) is 4.88. The summed E-state index contributed by atoms with van der Waals surface area (Å²) >= 11 is 11.4. The minimum atomic E-state index is -0.374. The van der Waals surface area contributed by atoms with Gasteiger partial charge in [-0.2, -0.15) is 0 Å². The molecule has 0 heterocycles. The van der Waals surface area contributed by atoms with Crippen molar-refractivity contribution in [2.45, 2.75) is 38.8 Å². The van der Waals surface area contributed by atoms with Crippen LogP contribution in [-0.2, 0) is 6.54 Å². The molecule has 0 aliphatic rings. The van der Waals surface area contributed by atoms with Crippen molar-refractivity contribution in [2.24, 2.45) is 0 Å². The predicted octanol–water partition coefficient (Wildman–Crippen LogP) is 4.37. The second-order valence-electron chi connectivity index (χ2n) is 4.46. The topological polar surface area (TPSA) is 12.0 Å². The predicted molar refractivity (Wildman–Crippen MR) is 72.3 cm³/mol. The van der Waals surface area contributed by atoms with E-state index >= 15 is 0 Å². The minimum Gasteiger partial charge on any atom is -0.307 e. The molecule has 1 atom stereocenters. The third-order valence-corrected chi connectivity index (χ3v) is 3.63. The molecular weight excluding hydrogens is 260 g/mol. The van der Waals surface area contributed by atoms with Gasteiger partial charge in [0.15, 0.2) is 0 Å². The van der Waals surface area contributed by atoms with Crippen molar-refractivity contribution < 1.29 is 4.39 Å². The van der Waals surface area contributed by atoms with Crippen LogP contribution in [0.5, 0.6) is 0 Å². The quantitative estimate of drug-likeness (QED) is 0.762. The van der Waals surface area contributed by atoms with Gasteiger partial charge in [0.05, 0.1) is 5.02 Å². The molecule has 4 heteroatoms. The number of halogens is 3. The Hall–Kier alpha value is -0.310. The maximum absolute atomic E-state index is 13.2. The molecule has 0 saturated carbocycles. The van der Waals surface area contributed by atoms with Crippen molar-refractivity contribution in [2.75, 3.05) is 5.88 Å². The van der Waals surface area contributed by atoms with E-state index in [1.165, 1.54) is 6.07 Å². The monoisotopic (exact) mass is 277 g/mol. The molecule has 0 aliphatic carbocycles. The molecule has 1 aromatic carbocycles. The van der Waals surface area contributed by atoms with Gasteiger partial charge in [-0.05, 0) is 37.5 Å². The van der Waals surface area contributed by atoms with Crippen LogP contribution in [0.2, 0.25) is 5.02 Å². The number of hydrogen-bond donors (Lipinski definition) is 1.